The third-order valence-corrected chi connectivity index (χ3v) is 12.9. The average molecular weight is 463 g/mol. The van der Waals surface area contributed by atoms with Crippen LogP contribution < -0.4 is 4.74 Å². The molecule has 3 heterocycles. The minimum atomic E-state index is -2.09. The Kier molecular flexibility index (Phi) is 3.39. The largest absolute Gasteiger partial charge is 0.507 e. The Morgan fingerprint density at radius 2 is 1.91 bits per heavy atom. The maximum absolute atomic E-state index is 12.8. The lowest BCUT2D eigenvalue weighted by molar-refractivity contribution is -0.225. The smallest absolute Gasteiger partial charge is 0.260 e. The first-order valence-corrected chi connectivity index (χ1v) is 14.4. The van der Waals surface area contributed by atoms with E-state index in [9.17, 15) is 9.90 Å². The van der Waals surface area contributed by atoms with Crippen molar-refractivity contribution >= 4 is 14.1 Å². The Bertz CT molecular complexity index is 1310. The summed E-state index contributed by atoms with van der Waals surface area (Å²) in [5.74, 6) is -0.867. The third-order valence-electron chi connectivity index (χ3n) is 8.40. The summed E-state index contributed by atoms with van der Waals surface area (Å²) in [4.78, 5) is 12.8. The van der Waals surface area contributed by atoms with Gasteiger partial charge in [0.15, 0.2) is 19.7 Å². The van der Waals surface area contributed by atoms with Crippen LogP contribution in [0.5, 0.6) is 11.5 Å². The van der Waals surface area contributed by atoms with Crippen LogP contribution in [0.1, 0.15) is 59.5 Å². The second-order valence-electron chi connectivity index (χ2n) is 11.2. The first kappa shape index (κ1) is 20.0. The number of phenols is 1. The molecule has 0 amide bonds. The lowest BCUT2D eigenvalue weighted by atomic mass is 9.72. The van der Waals surface area contributed by atoms with Gasteiger partial charge in [-0.05, 0) is 48.0 Å². The first-order chi connectivity index (χ1) is 15.5. The maximum Gasteiger partial charge on any atom is 0.260 e. The van der Waals surface area contributed by atoms with Crippen LogP contribution in [-0.4, -0.2) is 31.4 Å². The van der Waals surface area contributed by atoms with Crippen molar-refractivity contribution in [2.45, 2.75) is 68.6 Å². The normalized spacial score (nSPS) is 34.3. The Hall–Kier alpha value is -2.45. The van der Waals surface area contributed by atoms with Gasteiger partial charge < -0.3 is 23.7 Å². The molecule has 2 aromatic carbocycles. The van der Waals surface area contributed by atoms with E-state index >= 15 is 0 Å². The quantitative estimate of drug-likeness (QED) is 0.510. The van der Waals surface area contributed by atoms with Crippen LogP contribution in [-0.2, 0) is 25.3 Å². The van der Waals surface area contributed by atoms with Gasteiger partial charge in [-0.15, -0.1) is 0 Å². The van der Waals surface area contributed by atoms with Crippen LogP contribution in [0.2, 0.25) is 18.1 Å². The second-order valence-corrected chi connectivity index (χ2v) is 16.0. The number of benzene rings is 2. The monoisotopic (exact) mass is 462 g/mol. The molecule has 1 N–H and O–H groups in total. The van der Waals surface area contributed by atoms with Gasteiger partial charge in [-0.1, -0.05) is 39.0 Å². The summed E-state index contributed by atoms with van der Waals surface area (Å²) >= 11 is 0. The molecule has 1 fully saturated rings. The fourth-order valence-corrected chi connectivity index (χ4v) is 7.05. The zero-order valence-corrected chi connectivity index (χ0v) is 20.3. The van der Waals surface area contributed by atoms with Gasteiger partial charge in [-0.2, -0.15) is 0 Å². The number of aromatic hydroxyl groups is 1. The molecule has 2 aliphatic carbocycles. The molecule has 0 saturated carbocycles. The number of hydrogen-bond acceptors (Lipinski definition) is 6. The third kappa shape index (κ3) is 2.17. The van der Waals surface area contributed by atoms with Crippen LogP contribution in [0.15, 0.2) is 42.5 Å². The van der Waals surface area contributed by atoms with Crippen molar-refractivity contribution in [1.29, 1.82) is 0 Å². The van der Waals surface area contributed by atoms with Gasteiger partial charge in [0.1, 0.15) is 23.7 Å². The van der Waals surface area contributed by atoms with E-state index in [1.807, 2.05) is 18.2 Å². The molecule has 7 heteroatoms. The zero-order valence-electron chi connectivity index (χ0n) is 19.3. The van der Waals surface area contributed by atoms with E-state index in [2.05, 4.69) is 39.9 Å². The molecular formula is C26H26O6Si. The van der Waals surface area contributed by atoms with E-state index < -0.39 is 19.7 Å². The van der Waals surface area contributed by atoms with E-state index in [0.717, 1.165) is 16.7 Å². The standard InChI is InChI=1S/C26H26O6Si/c1-24(2,3)33(4,5)31-21-13-7-6-8-17-19(13)26(23-22(21)29-23)14-9-10-15(27)18-16(28)11-12-25(30-17,32-26)20(14)18/h6-12,21-23,27H,1-5H3/t21-,22-,23-,25-,26+/m1/s1. The number of epoxide rings is 1. The Morgan fingerprint density at radius 1 is 1.12 bits per heavy atom. The predicted octanol–water partition coefficient (Wildman–Crippen LogP) is 4.81. The Balaban J connectivity index is 1.48. The summed E-state index contributed by atoms with van der Waals surface area (Å²) in [7, 11) is -2.09. The van der Waals surface area contributed by atoms with Gasteiger partial charge in [0.25, 0.3) is 5.79 Å². The molecule has 0 unspecified atom stereocenters. The minimum Gasteiger partial charge on any atom is -0.507 e. The molecule has 0 radical (unpaired) electrons. The molecule has 33 heavy (non-hydrogen) atoms. The molecular weight excluding hydrogens is 436 g/mol. The lowest BCUT2D eigenvalue weighted by Gasteiger charge is -2.46. The highest BCUT2D eigenvalue weighted by Crippen LogP contribution is 2.69. The van der Waals surface area contributed by atoms with Crippen molar-refractivity contribution in [1.82, 2.24) is 0 Å². The molecule has 1 saturated heterocycles. The van der Waals surface area contributed by atoms with Crippen LogP contribution in [0.25, 0.3) is 0 Å². The number of rotatable bonds is 2. The number of fused-ring (bicyclic) bond motifs is 1. The minimum absolute atomic E-state index is 0.0554. The Labute approximate surface area is 193 Å². The number of phenolic OH excluding ortho intramolecular Hbond substituents is 1. The fraction of sp³-hybridized carbons (Fsp3) is 0.423. The molecule has 2 bridgehead atoms. The van der Waals surface area contributed by atoms with Gasteiger partial charge in [0, 0.05) is 16.7 Å². The van der Waals surface area contributed by atoms with Crippen molar-refractivity contribution < 1.29 is 28.5 Å². The average Bonchev–Trinajstić information content (AvgIpc) is 3.51. The molecule has 2 spiro atoms. The van der Waals surface area contributed by atoms with E-state index in [4.69, 9.17) is 18.6 Å². The van der Waals surface area contributed by atoms with Gasteiger partial charge in [-0.3, -0.25) is 4.79 Å². The summed E-state index contributed by atoms with van der Waals surface area (Å²) < 4.78 is 26.6. The summed E-state index contributed by atoms with van der Waals surface area (Å²) in [6.07, 6.45) is 2.47. The maximum atomic E-state index is 12.8. The summed E-state index contributed by atoms with van der Waals surface area (Å²) in [6, 6.07) is 9.44. The highest BCUT2D eigenvalue weighted by molar-refractivity contribution is 6.74. The number of ketones is 1. The molecule has 6 nitrogen and oxygen atoms in total. The fourth-order valence-electron chi connectivity index (χ4n) is 5.80. The van der Waals surface area contributed by atoms with Crippen molar-refractivity contribution in [2.75, 3.05) is 0 Å². The first-order valence-electron chi connectivity index (χ1n) is 11.5. The highest BCUT2D eigenvalue weighted by Gasteiger charge is 2.75. The van der Waals surface area contributed by atoms with Crippen molar-refractivity contribution in [3.05, 3.63) is 70.3 Å². The molecule has 5 aliphatic rings. The van der Waals surface area contributed by atoms with E-state index in [1.165, 1.54) is 6.08 Å². The lowest BCUT2D eigenvalue weighted by Crippen LogP contribution is -2.50. The topological polar surface area (TPSA) is 77.5 Å². The Morgan fingerprint density at radius 3 is 2.67 bits per heavy atom. The summed E-state index contributed by atoms with van der Waals surface area (Å²) in [5.41, 5.74) is 2.70. The van der Waals surface area contributed by atoms with Gasteiger partial charge in [-0.25, -0.2) is 0 Å². The van der Waals surface area contributed by atoms with Crippen molar-refractivity contribution in [3.63, 3.8) is 0 Å². The van der Waals surface area contributed by atoms with Gasteiger partial charge in [0.2, 0.25) is 0 Å². The number of hydrogen-bond donors (Lipinski definition) is 1. The number of carbonyl (C=O) groups is 1. The number of ether oxygens (including phenoxy) is 3. The van der Waals surface area contributed by atoms with E-state index in [-0.39, 0.29) is 40.4 Å². The van der Waals surface area contributed by atoms with Crippen LogP contribution in [0.4, 0.5) is 0 Å². The summed E-state index contributed by atoms with van der Waals surface area (Å²) in [5, 5.41) is 10.6. The summed E-state index contributed by atoms with van der Waals surface area (Å²) in [6.45, 7) is 11.2. The predicted molar refractivity (Wildman–Crippen MR) is 122 cm³/mol. The SMILES string of the molecule is CC(C)(C)[Si](C)(C)O[C@@H]1c2cccc3c2[C@]2(O[C@@]4(C=CC(=O)c5c(O)ccc2c54)O3)[C@@H]2O[C@H]12. The van der Waals surface area contributed by atoms with Crippen LogP contribution >= 0.6 is 0 Å². The zero-order chi connectivity index (χ0) is 23.1. The highest BCUT2D eigenvalue weighted by atomic mass is 28.4. The molecule has 0 aromatic heterocycles. The number of carbonyl (C=O) groups excluding carboxylic acids is 1. The van der Waals surface area contributed by atoms with Gasteiger partial charge >= 0.3 is 0 Å². The molecule has 5 atom stereocenters. The molecule has 7 rings (SSSR count). The second kappa shape index (κ2) is 5.60. The molecule has 170 valence electrons. The van der Waals surface area contributed by atoms with E-state index in [1.54, 1.807) is 12.1 Å². The van der Waals surface area contributed by atoms with Crippen molar-refractivity contribution in [2.24, 2.45) is 0 Å². The number of allylic oxidation sites excluding steroid dienone is 1. The molecule has 2 aromatic rings. The van der Waals surface area contributed by atoms with E-state index in [0.29, 0.717) is 11.3 Å². The van der Waals surface area contributed by atoms with Crippen molar-refractivity contribution in [3.8, 4) is 11.5 Å². The van der Waals surface area contributed by atoms with Crippen LogP contribution in [0.3, 0.4) is 0 Å². The van der Waals surface area contributed by atoms with Crippen LogP contribution in [0, 0.1) is 0 Å². The van der Waals surface area contributed by atoms with Gasteiger partial charge in [0.05, 0.1) is 11.7 Å². The molecule has 3 aliphatic heterocycles.